The summed E-state index contributed by atoms with van der Waals surface area (Å²) in [6.45, 7) is 8.96. The van der Waals surface area contributed by atoms with Gasteiger partial charge < -0.3 is 9.80 Å². The van der Waals surface area contributed by atoms with E-state index in [1.54, 1.807) is 0 Å². The number of benzene rings is 6. The summed E-state index contributed by atoms with van der Waals surface area (Å²) in [4.78, 5) is 10.2. The molecule has 0 unspecified atom stereocenters. The average molecular weight is 642 g/mol. The first kappa shape index (κ1) is 30.0. The Morgan fingerprint density at radius 3 is 1.67 bits per heavy atom. The Kier molecular flexibility index (Phi) is 7.31. The van der Waals surface area contributed by atoms with E-state index in [9.17, 15) is 0 Å². The molecule has 2 heterocycles. The fraction of sp³-hybridized carbons (Fsp3) is 0.114. The molecule has 0 fully saturated rings. The molecular weight excluding hydrogens is 606 g/mol. The number of para-hydroxylation sites is 5. The highest BCUT2D eigenvalue weighted by Crippen LogP contribution is 2.55. The Labute approximate surface area is 287 Å². The SMILES string of the molecule is Cc1ccc(N2c3ccccc3N(c3ccccc3)c3ccccc32)c2nc(-c3ccc(Cl)cc3)cc(-c3ccc(C(C)(C)C)cc3)c12. The number of aromatic nitrogens is 1. The normalized spacial score (nSPS) is 12.6. The molecule has 0 N–H and O–H groups in total. The number of hydrogen-bond acceptors (Lipinski definition) is 3. The van der Waals surface area contributed by atoms with Crippen molar-refractivity contribution in [3.8, 4) is 22.4 Å². The minimum Gasteiger partial charge on any atom is -0.306 e. The van der Waals surface area contributed by atoms with Crippen LogP contribution in [0.15, 0.2) is 146 Å². The van der Waals surface area contributed by atoms with Crippen LogP contribution in [0.3, 0.4) is 0 Å². The molecule has 0 saturated carbocycles. The molecule has 6 aromatic carbocycles. The molecule has 0 amide bonds. The molecule has 7 aromatic rings. The van der Waals surface area contributed by atoms with Gasteiger partial charge in [-0.3, -0.25) is 0 Å². The molecule has 0 aliphatic carbocycles. The summed E-state index contributed by atoms with van der Waals surface area (Å²) in [6, 6.07) is 51.6. The molecular formula is C44H36ClN3. The molecule has 48 heavy (non-hydrogen) atoms. The topological polar surface area (TPSA) is 19.4 Å². The highest BCUT2D eigenvalue weighted by atomic mass is 35.5. The summed E-state index contributed by atoms with van der Waals surface area (Å²) < 4.78 is 0. The standard InChI is InChI=1S/C44H36ClN3/c1-29-18-27-41(48-39-16-10-8-14-37(39)47(34-12-6-5-7-13-34)38-15-9-11-17-40(38)48)43-42(29)35(30-19-23-32(24-20-30)44(2,3)4)28-36(46-43)31-21-25-33(45)26-22-31/h5-28H,1-4H3. The van der Waals surface area contributed by atoms with Gasteiger partial charge in [0.2, 0.25) is 0 Å². The molecule has 0 bridgehead atoms. The smallest absolute Gasteiger partial charge is 0.0958 e. The largest absolute Gasteiger partial charge is 0.306 e. The van der Waals surface area contributed by atoms with Gasteiger partial charge in [0.05, 0.1) is 39.6 Å². The van der Waals surface area contributed by atoms with Crippen LogP contribution in [-0.2, 0) is 5.41 Å². The molecule has 4 heteroatoms. The van der Waals surface area contributed by atoms with Crippen LogP contribution < -0.4 is 9.80 Å². The summed E-state index contributed by atoms with van der Waals surface area (Å²) in [6.07, 6.45) is 0. The van der Waals surface area contributed by atoms with Crippen molar-refractivity contribution in [2.75, 3.05) is 9.80 Å². The predicted octanol–water partition coefficient (Wildman–Crippen LogP) is 13.1. The first-order valence-electron chi connectivity index (χ1n) is 16.4. The number of halogens is 1. The molecule has 3 nitrogen and oxygen atoms in total. The Bertz CT molecular complexity index is 2240. The molecule has 1 aromatic heterocycles. The molecule has 0 saturated heterocycles. The van der Waals surface area contributed by atoms with Crippen LogP contribution in [0.25, 0.3) is 33.3 Å². The summed E-state index contributed by atoms with van der Waals surface area (Å²) in [5, 5.41) is 1.85. The van der Waals surface area contributed by atoms with E-state index in [0.29, 0.717) is 5.02 Å². The molecule has 0 atom stereocenters. The van der Waals surface area contributed by atoms with Crippen LogP contribution in [0.4, 0.5) is 34.1 Å². The lowest BCUT2D eigenvalue weighted by Gasteiger charge is -2.40. The van der Waals surface area contributed by atoms with Gasteiger partial charge in [-0.05, 0) is 95.3 Å². The van der Waals surface area contributed by atoms with Crippen molar-refractivity contribution in [1.82, 2.24) is 4.98 Å². The van der Waals surface area contributed by atoms with E-state index in [0.717, 1.165) is 61.8 Å². The maximum Gasteiger partial charge on any atom is 0.0958 e. The van der Waals surface area contributed by atoms with Gasteiger partial charge in [-0.25, -0.2) is 4.98 Å². The van der Waals surface area contributed by atoms with Crippen molar-refractivity contribution >= 4 is 56.6 Å². The van der Waals surface area contributed by atoms with E-state index in [2.05, 4.69) is 171 Å². The van der Waals surface area contributed by atoms with E-state index in [-0.39, 0.29) is 5.41 Å². The Balaban J connectivity index is 1.42. The summed E-state index contributed by atoms with van der Waals surface area (Å²) >= 11 is 6.34. The first-order valence-corrected chi connectivity index (χ1v) is 16.8. The van der Waals surface area contributed by atoms with Crippen LogP contribution in [0.5, 0.6) is 0 Å². The quantitative estimate of drug-likeness (QED) is 0.191. The Morgan fingerprint density at radius 2 is 1.08 bits per heavy atom. The van der Waals surface area contributed by atoms with E-state index < -0.39 is 0 Å². The van der Waals surface area contributed by atoms with Crippen LogP contribution in [-0.4, -0.2) is 4.98 Å². The second-order valence-electron chi connectivity index (χ2n) is 13.5. The van der Waals surface area contributed by atoms with Crippen molar-refractivity contribution in [1.29, 1.82) is 0 Å². The summed E-state index contributed by atoms with van der Waals surface area (Å²) in [7, 11) is 0. The van der Waals surface area contributed by atoms with Gasteiger partial charge in [0, 0.05) is 21.7 Å². The number of nitrogens with zero attached hydrogens (tertiary/aromatic N) is 3. The molecule has 1 aliphatic rings. The van der Waals surface area contributed by atoms with E-state index in [1.165, 1.54) is 16.7 Å². The predicted molar refractivity (Wildman–Crippen MR) is 204 cm³/mol. The fourth-order valence-corrected chi connectivity index (χ4v) is 7.01. The molecule has 1 aliphatic heterocycles. The average Bonchev–Trinajstić information content (AvgIpc) is 3.11. The highest BCUT2D eigenvalue weighted by molar-refractivity contribution is 6.30. The lowest BCUT2D eigenvalue weighted by Crippen LogP contribution is -2.24. The van der Waals surface area contributed by atoms with Gasteiger partial charge in [-0.2, -0.15) is 0 Å². The summed E-state index contributed by atoms with van der Waals surface area (Å²) in [5.41, 5.74) is 14.4. The van der Waals surface area contributed by atoms with Gasteiger partial charge in [-0.15, -0.1) is 0 Å². The second-order valence-corrected chi connectivity index (χ2v) is 13.9. The lowest BCUT2D eigenvalue weighted by molar-refractivity contribution is 0.590. The van der Waals surface area contributed by atoms with Gasteiger partial charge in [0.15, 0.2) is 0 Å². The van der Waals surface area contributed by atoms with Crippen LogP contribution in [0.2, 0.25) is 5.02 Å². The van der Waals surface area contributed by atoms with E-state index in [1.807, 2.05) is 12.1 Å². The summed E-state index contributed by atoms with van der Waals surface area (Å²) in [5.74, 6) is 0. The fourth-order valence-electron chi connectivity index (χ4n) is 6.88. The van der Waals surface area contributed by atoms with Crippen LogP contribution in [0, 0.1) is 6.92 Å². The van der Waals surface area contributed by atoms with Crippen molar-refractivity contribution in [3.63, 3.8) is 0 Å². The van der Waals surface area contributed by atoms with Gasteiger partial charge in [0.1, 0.15) is 0 Å². The maximum absolute atomic E-state index is 6.34. The lowest BCUT2D eigenvalue weighted by atomic mass is 9.85. The van der Waals surface area contributed by atoms with Crippen molar-refractivity contribution < 1.29 is 0 Å². The highest BCUT2D eigenvalue weighted by Gasteiger charge is 2.31. The zero-order valence-corrected chi connectivity index (χ0v) is 28.3. The third-order valence-corrected chi connectivity index (χ3v) is 9.58. The second kappa shape index (κ2) is 11.7. The van der Waals surface area contributed by atoms with Crippen molar-refractivity contribution in [2.24, 2.45) is 0 Å². The molecule has 0 radical (unpaired) electrons. The number of aryl methyl sites for hydroxylation is 1. The molecule has 234 valence electrons. The zero-order chi connectivity index (χ0) is 33.0. The molecule has 0 spiro atoms. The minimum atomic E-state index is 0.0685. The van der Waals surface area contributed by atoms with Crippen LogP contribution in [0.1, 0.15) is 31.9 Å². The molecule has 8 rings (SSSR count). The zero-order valence-electron chi connectivity index (χ0n) is 27.6. The number of pyridine rings is 1. The van der Waals surface area contributed by atoms with Crippen LogP contribution >= 0.6 is 11.6 Å². The first-order chi connectivity index (χ1) is 23.3. The van der Waals surface area contributed by atoms with Crippen molar-refractivity contribution in [2.45, 2.75) is 33.1 Å². The van der Waals surface area contributed by atoms with Gasteiger partial charge in [0.25, 0.3) is 0 Å². The number of hydrogen-bond donors (Lipinski definition) is 0. The monoisotopic (exact) mass is 641 g/mol. The van der Waals surface area contributed by atoms with E-state index in [4.69, 9.17) is 16.6 Å². The number of fused-ring (bicyclic) bond motifs is 3. The van der Waals surface area contributed by atoms with Gasteiger partial charge >= 0.3 is 0 Å². The van der Waals surface area contributed by atoms with Gasteiger partial charge in [-0.1, -0.05) is 117 Å². The minimum absolute atomic E-state index is 0.0685. The Morgan fingerprint density at radius 1 is 0.542 bits per heavy atom. The maximum atomic E-state index is 6.34. The number of rotatable bonds is 4. The Hall–Kier alpha value is -5.38. The number of anilines is 6. The third-order valence-electron chi connectivity index (χ3n) is 9.33. The third kappa shape index (κ3) is 5.12. The van der Waals surface area contributed by atoms with E-state index >= 15 is 0 Å². The van der Waals surface area contributed by atoms with Crippen molar-refractivity contribution in [3.05, 3.63) is 162 Å².